The van der Waals surface area contributed by atoms with Crippen molar-refractivity contribution in [1.29, 1.82) is 0 Å². The molecule has 1 heterocycles. The minimum atomic E-state index is -1.25. The van der Waals surface area contributed by atoms with Crippen LogP contribution in [0.1, 0.15) is 34.7 Å². The van der Waals surface area contributed by atoms with Crippen molar-refractivity contribution >= 4 is 17.8 Å². The maximum Gasteiger partial charge on any atom is 0.339 e. The quantitative estimate of drug-likeness (QED) is 0.594. The van der Waals surface area contributed by atoms with Gasteiger partial charge in [0.15, 0.2) is 5.69 Å². The van der Waals surface area contributed by atoms with Crippen molar-refractivity contribution in [3.63, 3.8) is 0 Å². The molecule has 0 atom stereocenters. The first-order chi connectivity index (χ1) is 9.35. The molecule has 1 aromatic rings. The lowest BCUT2D eigenvalue weighted by atomic mass is 10.2. The number of nitrogens with one attached hydrogen (secondary N) is 1. The molecule has 0 aliphatic heterocycles. The number of hydrogen-bond acceptors (Lipinski definition) is 5. The fourth-order valence-corrected chi connectivity index (χ4v) is 1.45. The standard InChI is InChI=1S/C12H15N3O5/c1-4-20-9(16)5-7(2)13-11(17)10-8(12(18)19)6-15(3)14-10/h5-6H,4H2,1-3H3,(H,13,17)(H,18,19)/b7-5+. The van der Waals surface area contributed by atoms with E-state index >= 15 is 0 Å². The first-order valence-corrected chi connectivity index (χ1v) is 5.78. The molecule has 0 unspecified atom stereocenters. The van der Waals surface area contributed by atoms with Crippen LogP contribution in [0.25, 0.3) is 0 Å². The number of nitrogens with zero attached hydrogens (tertiary/aromatic N) is 2. The van der Waals surface area contributed by atoms with Gasteiger partial charge in [-0.05, 0) is 13.8 Å². The molecule has 8 nitrogen and oxygen atoms in total. The Morgan fingerprint density at radius 1 is 1.50 bits per heavy atom. The third-order valence-electron chi connectivity index (χ3n) is 2.21. The van der Waals surface area contributed by atoms with Gasteiger partial charge in [0.2, 0.25) is 0 Å². The van der Waals surface area contributed by atoms with Crippen molar-refractivity contribution in [2.75, 3.05) is 6.61 Å². The first kappa shape index (κ1) is 15.4. The molecule has 1 aromatic heterocycles. The molecular weight excluding hydrogens is 266 g/mol. The molecule has 0 saturated carbocycles. The van der Waals surface area contributed by atoms with E-state index in [2.05, 4.69) is 15.2 Å². The zero-order valence-corrected chi connectivity index (χ0v) is 11.3. The number of allylic oxidation sites excluding steroid dienone is 1. The number of esters is 1. The van der Waals surface area contributed by atoms with E-state index in [9.17, 15) is 14.4 Å². The van der Waals surface area contributed by atoms with Gasteiger partial charge in [-0.25, -0.2) is 9.59 Å². The summed E-state index contributed by atoms with van der Waals surface area (Å²) in [4.78, 5) is 34.0. The number of hydrogen-bond donors (Lipinski definition) is 2. The number of aryl methyl sites for hydroxylation is 1. The van der Waals surface area contributed by atoms with Crippen molar-refractivity contribution in [2.24, 2.45) is 7.05 Å². The van der Waals surface area contributed by atoms with Crippen LogP contribution in [0, 0.1) is 0 Å². The molecule has 0 aliphatic rings. The summed E-state index contributed by atoms with van der Waals surface area (Å²) in [6.07, 6.45) is 2.33. The molecule has 8 heteroatoms. The summed E-state index contributed by atoms with van der Waals surface area (Å²) in [5, 5.41) is 15.1. The second-order valence-electron chi connectivity index (χ2n) is 3.90. The number of carbonyl (C=O) groups is 3. The van der Waals surface area contributed by atoms with Crippen LogP contribution in [0.3, 0.4) is 0 Å². The highest BCUT2D eigenvalue weighted by molar-refractivity contribution is 6.04. The number of rotatable bonds is 5. The molecular formula is C12H15N3O5. The topological polar surface area (TPSA) is 111 Å². The van der Waals surface area contributed by atoms with Crippen LogP contribution in [-0.4, -0.2) is 39.3 Å². The predicted molar refractivity (Wildman–Crippen MR) is 68.0 cm³/mol. The van der Waals surface area contributed by atoms with Gasteiger partial charge in [0, 0.05) is 25.0 Å². The zero-order chi connectivity index (χ0) is 15.3. The average molecular weight is 281 g/mol. The fourth-order valence-electron chi connectivity index (χ4n) is 1.45. The van der Waals surface area contributed by atoms with Crippen LogP contribution in [0.5, 0.6) is 0 Å². The highest BCUT2D eigenvalue weighted by atomic mass is 16.5. The molecule has 0 bridgehead atoms. The van der Waals surface area contributed by atoms with E-state index in [4.69, 9.17) is 5.11 Å². The molecule has 0 radical (unpaired) electrons. The zero-order valence-electron chi connectivity index (χ0n) is 11.3. The lowest BCUT2D eigenvalue weighted by Crippen LogP contribution is -2.24. The van der Waals surface area contributed by atoms with E-state index in [1.807, 2.05) is 0 Å². The molecule has 0 fully saturated rings. The Labute approximate surface area is 115 Å². The average Bonchev–Trinajstić information content (AvgIpc) is 2.71. The van der Waals surface area contributed by atoms with Gasteiger partial charge in [0.05, 0.1) is 6.61 Å². The van der Waals surface area contributed by atoms with E-state index in [-0.39, 0.29) is 23.6 Å². The van der Waals surface area contributed by atoms with Crippen molar-refractivity contribution in [3.05, 3.63) is 29.2 Å². The smallest absolute Gasteiger partial charge is 0.339 e. The van der Waals surface area contributed by atoms with E-state index < -0.39 is 17.8 Å². The number of carbonyl (C=O) groups excluding carboxylic acids is 2. The van der Waals surface area contributed by atoms with E-state index in [1.54, 1.807) is 6.92 Å². The van der Waals surface area contributed by atoms with Crippen LogP contribution < -0.4 is 5.32 Å². The molecule has 20 heavy (non-hydrogen) atoms. The Balaban J connectivity index is 2.86. The van der Waals surface area contributed by atoms with E-state index in [1.165, 1.54) is 24.9 Å². The largest absolute Gasteiger partial charge is 0.478 e. The second kappa shape index (κ2) is 6.50. The van der Waals surface area contributed by atoms with Crippen molar-refractivity contribution in [3.8, 4) is 0 Å². The minimum Gasteiger partial charge on any atom is -0.478 e. The van der Waals surface area contributed by atoms with E-state index in [0.29, 0.717) is 0 Å². The third-order valence-corrected chi connectivity index (χ3v) is 2.21. The molecule has 108 valence electrons. The Kier molecular flexibility index (Phi) is 5.01. The summed E-state index contributed by atoms with van der Waals surface area (Å²) in [6.45, 7) is 3.37. The molecule has 0 aliphatic carbocycles. The maximum atomic E-state index is 11.9. The van der Waals surface area contributed by atoms with Gasteiger partial charge in [-0.15, -0.1) is 0 Å². The maximum absolute atomic E-state index is 11.9. The van der Waals surface area contributed by atoms with Gasteiger partial charge >= 0.3 is 11.9 Å². The normalized spacial score (nSPS) is 11.1. The van der Waals surface area contributed by atoms with Crippen LogP contribution in [0.4, 0.5) is 0 Å². The number of ether oxygens (including phenoxy) is 1. The monoisotopic (exact) mass is 281 g/mol. The van der Waals surface area contributed by atoms with Crippen LogP contribution in [0.2, 0.25) is 0 Å². The lowest BCUT2D eigenvalue weighted by Gasteiger charge is -2.04. The van der Waals surface area contributed by atoms with Crippen LogP contribution in [-0.2, 0) is 16.6 Å². The fraction of sp³-hybridized carbons (Fsp3) is 0.333. The highest BCUT2D eigenvalue weighted by Gasteiger charge is 2.21. The number of carboxylic acid groups (broad SMARTS) is 1. The number of carboxylic acids is 1. The van der Waals surface area contributed by atoms with Gasteiger partial charge in [-0.3, -0.25) is 9.48 Å². The summed E-state index contributed by atoms with van der Waals surface area (Å²) in [6, 6.07) is 0. The lowest BCUT2D eigenvalue weighted by molar-refractivity contribution is -0.137. The van der Waals surface area contributed by atoms with Gasteiger partial charge < -0.3 is 15.2 Å². The summed E-state index contributed by atoms with van der Waals surface area (Å²) in [5.41, 5.74) is -0.207. The molecule has 0 aromatic carbocycles. The van der Waals surface area contributed by atoms with Crippen LogP contribution >= 0.6 is 0 Å². The van der Waals surface area contributed by atoms with Gasteiger partial charge in [-0.2, -0.15) is 5.10 Å². The van der Waals surface area contributed by atoms with Crippen molar-refractivity contribution in [2.45, 2.75) is 13.8 Å². The molecule has 0 spiro atoms. The van der Waals surface area contributed by atoms with E-state index in [0.717, 1.165) is 6.08 Å². The minimum absolute atomic E-state index is 0.214. The summed E-state index contributed by atoms with van der Waals surface area (Å²) in [5.74, 6) is -2.55. The van der Waals surface area contributed by atoms with Crippen molar-refractivity contribution < 1.29 is 24.2 Å². The molecule has 0 saturated heterocycles. The number of amides is 1. The number of aromatic carboxylic acids is 1. The Bertz CT molecular complexity index is 574. The van der Waals surface area contributed by atoms with Crippen LogP contribution in [0.15, 0.2) is 18.0 Å². The summed E-state index contributed by atoms with van der Waals surface area (Å²) in [7, 11) is 1.50. The third kappa shape index (κ3) is 3.94. The first-order valence-electron chi connectivity index (χ1n) is 5.78. The molecule has 1 rings (SSSR count). The van der Waals surface area contributed by atoms with Crippen molar-refractivity contribution in [1.82, 2.24) is 15.1 Å². The highest BCUT2D eigenvalue weighted by Crippen LogP contribution is 2.07. The predicted octanol–water partition coefficient (Wildman–Crippen LogP) is 0.315. The Morgan fingerprint density at radius 2 is 2.15 bits per heavy atom. The summed E-state index contributed by atoms with van der Waals surface area (Å²) < 4.78 is 5.91. The second-order valence-corrected chi connectivity index (χ2v) is 3.90. The van der Waals surface area contributed by atoms with Gasteiger partial charge in [0.25, 0.3) is 5.91 Å². The summed E-state index contributed by atoms with van der Waals surface area (Å²) >= 11 is 0. The molecule has 2 N–H and O–H groups in total. The van der Waals surface area contributed by atoms with Gasteiger partial charge in [0.1, 0.15) is 5.56 Å². The van der Waals surface area contributed by atoms with Gasteiger partial charge in [-0.1, -0.05) is 0 Å². The molecule has 1 amide bonds. The Hall–Kier alpha value is -2.64. The Morgan fingerprint density at radius 3 is 2.70 bits per heavy atom. The number of aromatic nitrogens is 2. The SMILES string of the molecule is CCOC(=O)/C=C(\C)NC(=O)c1nn(C)cc1C(=O)O.